The summed E-state index contributed by atoms with van der Waals surface area (Å²) >= 11 is 0. The fourth-order valence-corrected chi connectivity index (χ4v) is 4.82. The first-order valence-electron chi connectivity index (χ1n) is 9.73. The molecule has 6 nitrogen and oxygen atoms in total. The molecule has 0 aromatic heterocycles. The lowest BCUT2D eigenvalue weighted by Crippen LogP contribution is -2.74. The van der Waals surface area contributed by atoms with Gasteiger partial charge in [-0.3, -0.25) is 0 Å². The minimum atomic E-state index is -0.541. The average Bonchev–Trinajstić information content (AvgIpc) is 3.05. The number of ether oxygens (including phenoxy) is 3. The molecule has 1 saturated carbocycles. The summed E-state index contributed by atoms with van der Waals surface area (Å²) in [4.78, 5) is 12.3. The van der Waals surface area contributed by atoms with Crippen molar-refractivity contribution in [3.63, 3.8) is 0 Å². The van der Waals surface area contributed by atoms with Crippen LogP contribution >= 0.6 is 0 Å². The van der Waals surface area contributed by atoms with Gasteiger partial charge in [0, 0.05) is 28.9 Å². The fraction of sp³-hybridized carbons (Fsp3) is 0.636. The Bertz CT molecular complexity index is 814. The van der Waals surface area contributed by atoms with Gasteiger partial charge >= 0.3 is 6.09 Å². The summed E-state index contributed by atoms with van der Waals surface area (Å²) in [5, 5.41) is 12.3. The van der Waals surface area contributed by atoms with Crippen LogP contribution in [0.4, 0.5) is 4.79 Å². The molecule has 0 saturated heterocycles. The highest BCUT2D eigenvalue weighted by Crippen LogP contribution is 2.56. The molecule has 152 valence electrons. The third kappa shape index (κ3) is 3.39. The van der Waals surface area contributed by atoms with E-state index in [4.69, 9.17) is 14.2 Å². The number of amides is 1. The lowest BCUT2D eigenvalue weighted by Gasteiger charge is -2.62. The summed E-state index contributed by atoms with van der Waals surface area (Å²) in [6.07, 6.45) is 0.204. The number of alkyl carbamates (subject to hydrolysis) is 1. The molecule has 1 aliphatic heterocycles. The molecule has 0 bridgehead atoms. The summed E-state index contributed by atoms with van der Waals surface area (Å²) in [5.41, 5.74) is 0.369. The van der Waals surface area contributed by atoms with Gasteiger partial charge in [-0.1, -0.05) is 27.7 Å². The zero-order chi connectivity index (χ0) is 20.9. The van der Waals surface area contributed by atoms with Crippen LogP contribution in [0, 0.1) is 22.2 Å². The molecular weight excluding hydrogens is 356 g/mol. The number of nitrogens with zero attached hydrogens (tertiary/aromatic N) is 1. The first kappa shape index (κ1) is 20.3. The molecule has 0 radical (unpaired) electrons. The van der Waals surface area contributed by atoms with Crippen LogP contribution < -0.4 is 14.8 Å². The highest BCUT2D eigenvalue weighted by Gasteiger charge is 2.64. The highest BCUT2D eigenvalue weighted by molar-refractivity contribution is 5.69. The molecular formula is C22H30N2O4. The SMILES string of the molecule is CC(C)(C)OC(=O)NC1C(C)(C)C(Oc2ccc(C#N)c3c2CCO3)C1(C)C. The Balaban J connectivity index is 1.79. The van der Waals surface area contributed by atoms with Crippen LogP contribution in [0.2, 0.25) is 0 Å². The Hall–Kier alpha value is -2.42. The summed E-state index contributed by atoms with van der Waals surface area (Å²) < 4.78 is 17.5. The van der Waals surface area contributed by atoms with E-state index in [1.54, 1.807) is 6.07 Å². The van der Waals surface area contributed by atoms with Gasteiger partial charge in [-0.25, -0.2) is 4.79 Å². The molecule has 28 heavy (non-hydrogen) atoms. The molecule has 1 amide bonds. The van der Waals surface area contributed by atoms with Crippen molar-refractivity contribution in [2.45, 2.75) is 72.6 Å². The van der Waals surface area contributed by atoms with Crippen LogP contribution in [0.5, 0.6) is 11.5 Å². The summed E-state index contributed by atoms with van der Waals surface area (Å²) in [7, 11) is 0. The Morgan fingerprint density at radius 1 is 1.25 bits per heavy atom. The van der Waals surface area contributed by atoms with Gasteiger partial charge in [-0.2, -0.15) is 5.26 Å². The smallest absolute Gasteiger partial charge is 0.407 e. The average molecular weight is 386 g/mol. The molecule has 0 atom stereocenters. The molecule has 1 fully saturated rings. The molecule has 1 N–H and O–H groups in total. The van der Waals surface area contributed by atoms with Gasteiger partial charge in [-0.05, 0) is 32.9 Å². The maximum Gasteiger partial charge on any atom is 0.407 e. The molecule has 1 aromatic rings. The minimum absolute atomic E-state index is 0.0949. The summed E-state index contributed by atoms with van der Waals surface area (Å²) in [6.45, 7) is 14.5. The van der Waals surface area contributed by atoms with Crippen LogP contribution in [-0.2, 0) is 11.2 Å². The number of nitriles is 1. The van der Waals surface area contributed by atoms with Crippen molar-refractivity contribution in [3.8, 4) is 17.6 Å². The zero-order valence-electron chi connectivity index (χ0n) is 17.8. The molecule has 1 aromatic carbocycles. The van der Waals surface area contributed by atoms with Crippen molar-refractivity contribution in [1.29, 1.82) is 5.26 Å². The van der Waals surface area contributed by atoms with Gasteiger partial charge in [-0.15, -0.1) is 0 Å². The number of hydrogen-bond acceptors (Lipinski definition) is 5. The van der Waals surface area contributed by atoms with E-state index in [0.29, 0.717) is 17.9 Å². The molecule has 1 aliphatic carbocycles. The largest absolute Gasteiger partial charge is 0.491 e. The van der Waals surface area contributed by atoms with E-state index in [0.717, 1.165) is 17.7 Å². The topological polar surface area (TPSA) is 80.6 Å². The maximum atomic E-state index is 12.3. The van der Waals surface area contributed by atoms with Gasteiger partial charge in [0.25, 0.3) is 0 Å². The monoisotopic (exact) mass is 386 g/mol. The quantitative estimate of drug-likeness (QED) is 0.842. The first-order valence-corrected chi connectivity index (χ1v) is 9.73. The minimum Gasteiger partial charge on any atom is -0.491 e. The van der Waals surface area contributed by atoms with Gasteiger partial charge in [0.05, 0.1) is 12.2 Å². The van der Waals surface area contributed by atoms with E-state index in [-0.39, 0.29) is 23.0 Å². The summed E-state index contributed by atoms with van der Waals surface area (Å²) in [6, 6.07) is 5.68. The second-order valence-electron chi connectivity index (χ2n) is 9.85. The van der Waals surface area contributed by atoms with E-state index in [2.05, 4.69) is 39.1 Å². The summed E-state index contributed by atoms with van der Waals surface area (Å²) in [5.74, 6) is 1.40. The van der Waals surface area contributed by atoms with E-state index < -0.39 is 11.7 Å². The zero-order valence-corrected chi connectivity index (χ0v) is 17.8. The van der Waals surface area contributed by atoms with Crippen LogP contribution in [0.15, 0.2) is 12.1 Å². The highest BCUT2D eigenvalue weighted by atomic mass is 16.6. The standard InChI is InChI=1S/C22H30N2O4/c1-20(2,3)28-19(25)24-17-21(4,5)18(22(17,6)7)27-15-9-8-13(12-23)16-14(15)10-11-26-16/h8-9,17-18H,10-11H2,1-7H3,(H,24,25). The maximum absolute atomic E-state index is 12.3. The number of nitrogens with one attached hydrogen (secondary N) is 1. The molecule has 6 heteroatoms. The lowest BCUT2D eigenvalue weighted by molar-refractivity contribution is -0.166. The Labute approximate surface area is 167 Å². The Morgan fingerprint density at radius 2 is 1.89 bits per heavy atom. The van der Waals surface area contributed by atoms with Crippen molar-refractivity contribution in [2.75, 3.05) is 6.61 Å². The van der Waals surface area contributed by atoms with Crippen LogP contribution in [0.25, 0.3) is 0 Å². The van der Waals surface area contributed by atoms with Crippen molar-refractivity contribution < 1.29 is 19.0 Å². The second-order valence-corrected chi connectivity index (χ2v) is 9.85. The van der Waals surface area contributed by atoms with Crippen molar-refractivity contribution >= 4 is 6.09 Å². The second kappa shape index (κ2) is 6.58. The molecule has 2 aliphatic rings. The van der Waals surface area contributed by atoms with Crippen molar-refractivity contribution in [3.05, 3.63) is 23.3 Å². The number of hydrogen-bond donors (Lipinski definition) is 1. The first-order chi connectivity index (χ1) is 12.9. The molecule has 0 spiro atoms. The van der Waals surface area contributed by atoms with Crippen LogP contribution in [0.3, 0.4) is 0 Å². The van der Waals surface area contributed by atoms with Gasteiger partial charge in [0.15, 0.2) is 0 Å². The number of carbonyl (C=O) groups excluding carboxylic acids is 1. The number of rotatable bonds is 3. The van der Waals surface area contributed by atoms with Gasteiger partial charge in [0.1, 0.15) is 29.3 Å². The van der Waals surface area contributed by atoms with Crippen LogP contribution in [0.1, 0.15) is 59.6 Å². The molecule has 1 heterocycles. The normalized spacial score (nSPS) is 24.2. The molecule has 3 rings (SSSR count). The number of carbonyl (C=O) groups is 1. The van der Waals surface area contributed by atoms with Crippen molar-refractivity contribution in [2.24, 2.45) is 10.8 Å². The predicted molar refractivity (Wildman–Crippen MR) is 105 cm³/mol. The lowest BCUT2D eigenvalue weighted by atomic mass is 9.49. The van der Waals surface area contributed by atoms with E-state index in [1.807, 2.05) is 26.8 Å². The van der Waals surface area contributed by atoms with Crippen LogP contribution in [-0.4, -0.2) is 30.4 Å². The van der Waals surface area contributed by atoms with E-state index in [9.17, 15) is 10.1 Å². The Kier molecular flexibility index (Phi) is 4.77. The van der Waals surface area contributed by atoms with Crippen molar-refractivity contribution in [1.82, 2.24) is 5.32 Å². The van der Waals surface area contributed by atoms with E-state index in [1.165, 1.54) is 0 Å². The Morgan fingerprint density at radius 3 is 2.46 bits per heavy atom. The number of benzene rings is 1. The third-order valence-electron chi connectivity index (χ3n) is 5.68. The molecule has 0 unspecified atom stereocenters. The van der Waals surface area contributed by atoms with Gasteiger partial charge < -0.3 is 19.5 Å². The number of fused-ring (bicyclic) bond motifs is 1. The fourth-order valence-electron chi connectivity index (χ4n) is 4.82. The third-order valence-corrected chi connectivity index (χ3v) is 5.68. The van der Waals surface area contributed by atoms with E-state index >= 15 is 0 Å². The van der Waals surface area contributed by atoms with Gasteiger partial charge in [0.2, 0.25) is 0 Å². The predicted octanol–water partition coefficient (Wildman–Crippen LogP) is 4.20.